The molecular weight excluding hydrogens is 604 g/mol. The molecule has 0 spiro atoms. The highest BCUT2D eigenvalue weighted by Gasteiger charge is 2.45. The number of nitrogens with zero attached hydrogens (tertiary/aromatic N) is 4. The monoisotopic (exact) mass is 653 g/mol. The number of nitrogens with one attached hydrogen (secondary N) is 1. The van der Waals surface area contributed by atoms with Crippen LogP contribution in [0.5, 0.6) is 0 Å². The number of hydrogen-bond donors (Lipinski definition) is 1. The SMILES string of the molecule is CCCCN[C@H]1Cc2c(n(C(=O)OC(C)(C)C)c3c(F)cc(F)cc23)[C@H](c2ccc(N3CCN(C)CC3)cc2)N1C(=O)OC(C)(C)C. The van der Waals surface area contributed by atoms with Crippen LogP contribution in [0.25, 0.3) is 10.9 Å². The lowest BCUT2D eigenvalue weighted by molar-refractivity contribution is 0.0000676. The summed E-state index contributed by atoms with van der Waals surface area (Å²) in [5, 5.41) is 3.79. The molecule has 3 heterocycles. The second-order valence-corrected chi connectivity index (χ2v) is 14.7. The fourth-order valence-electron chi connectivity index (χ4n) is 6.43. The molecule has 0 bridgehead atoms. The number of carbonyl (C=O) groups excluding carboxylic acids is 2. The first-order valence-electron chi connectivity index (χ1n) is 16.6. The average Bonchev–Trinajstić information content (AvgIpc) is 3.30. The summed E-state index contributed by atoms with van der Waals surface area (Å²) in [6.07, 6.45) is 0.00790. The predicted octanol–water partition coefficient (Wildman–Crippen LogP) is 7.05. The van der Waals surface area contributed by atoms with E-state index in [-0.39, 0.29) is 17.3 Å². The fraction of sp³-hybridized carbons (Fsp3) is 0.556. The minimum absolute atomic E-state index is 0.0805. The van der Waals surface area contributed by atoms with Crippen molar-refractivity contribution in [3.05, 3.63) is 64.9 Å². The third-order valence-corrected chi connectivity index (χ3v) is 8.57. The van der Waals surface area contributed by atoms with E-state index in [1.807, 2.05) is 24.3 Å². The van der Waals surface area contributed by atoms with E-state index in [9.17, 15) is 14.0 Å². The van der Waals surface area contributed by atoms with Crippen molar-refractivity contribution >= 4 is 28.8 Å². The van der Waals surface area contributed by atoms with Gasteiger partial charge >= 0.3 is 12.2 Å². The van der Waals surface area contributed by atoms with Crippen LogP contribution in [0.3, 0.4) is 0 Å². The molecule has 9 nitrogen and oxygen atoms in total. The van der Waals surface area contributed by atoms with Crippen LogP contribution in [0.1, 0.15) is 84.2 Å². The minimum Gasteiger partial charge on any atom is -0.444 e. The Labute approximate surface area is 276 Å². The van der Waals surface area contributed by atoms with E-state index in [4.69, 9.17) is 9.47 Å². The molecule has 0 radical (unpaired) electrons. The van der Waals surface area contributed by atoms with Gasteiger partial charge in [-0.05, 0) is 90.9 Å². The number of ether oxygens (including phenoxy) is 2. The Morgan fingerprint density at radius 2 is 1.53 bits per heavy atom. The summed E-state index contributed by atoms with van der Waals surface area (Å²) in [5.74, 6) is -1.64. The number of likely N-dealkylation sites (N-methyl/N-ethyl adjacent to an activating group) is 1. The lowest BCUT2D eigenvalue weighted by Crippen LogP contribution is -2.56. The molecule has 0 unspecified atom stereocenters. The lowest BCUT2D eigenvalue weighted by atomic mass is 9.90. The van der Waals surface area contributed by atoms with Crippen molar-refractivity contribution in [1.82, 2.24) is 19.7 Å². The zero-order chi connectivity index (χ0) is 34.3. The van der Waals surface area contributed by atoms with Crippen LogP contribution < -0.4 is 10.2 Å². The van der Waals surface area contributed by atoms with E-state index < -0.39 is 47.2 Å². The molecule has 1 aromatic heterocycles. The van der Waals surface area contributed by atoms with Crippen LogP contribution in [0.2, 0.25) is 0 Å². The third kappa shape index (κ3) is 7.56. The Morgan fingerprint density at radius 1 is 0.915 bits per heavy atom. The summed E-state index contributed by atoms with van der Waals surface area (Å²) in [6.45, 7) is 16.9. The molecule has 11 heteroatoms. The number of aromatic nitrogens is 1. The van der Waals surface area contributed by atoms with E-state index in [2.05, 4.69) is 29.1 Å². The zero-order valence-corrected chi connectivity index (χ0v) is 29.0. The van der Waals surface area contributed by atoms with Gasteiger partial charge in [-0.1, -0.05) is 25.5 Å². The zero-order valence-electron chi connectivity index (χ0n) is 29.0. The second-order valence-electron chi connectivity index (χ2n) is 14.7. The predicted molar refractivity (Wildman–Crippen MR) is 180 cm³/mol. The summed E-state index contributed by atoms with van der Waals surface area (Å²) in [6, 6.07) is 9.07. The second kappa shape index (κ2) is 13.4. The number of fused-ring (bicyclic) bond motifs is 3. The molecule has 256 valence electrons. The van der Waals surface area contributed by atoms with Crippen LogP contribution in [-0.4, -0.2) is 83.7 Å². The van der Waals surface area contributed by atoms with E-state index in [0.29, 0.717) is 23.4 Å². The van der Waals surface area contributed by atoms with Crippen molar-refractivity contribution in [2.75, 3.05) is 44.7 Å². The highest BCUT2D eigenvalue weighted by molar-refractivity contribution is 5.95. The highest BCUT2D eigenvalue weighted by atomic mass is 19.1. The molecule has 2 atom stereocenters. The molecule has 3 aromatic rings. The molecule has 1 amide bonds. The number of piperazine rings is 1. The minimum atomic E-state index is -0.902. The van der Waals surface area contributed by atoms with Crippen LogP contribution >= 0.6 is 0 Å². The van der Waals surface area contributed by atoms with Gasteiger partial charge in [-0.25, -0.2) is 22.9 Å². The number of rotatable bonds is 6. The summed E-state index contributed by atoms with van der Waals surface area (Å²) in [5.41, 5.74) is 0.875. The Hall–Kier alpha value is -3.70. The first kappa shape index (κ1) is 34.6. The van der Waals surface area contributed by atoms with E-state index >= 15 is 4.39 Å². The van der Waals surface area contributed by atoms with Gasteiger partial charge < -0.3 is 19.3 Å². The number of unbranched alkanes of at least 4 members (excludes halogenated alkanes) is 1. The van der Waals surface area contributed by atoms with Gasteiger partial charge in [0.05, 0.1) is 17.4 Å². The molecule has 0 saturated carbocycles. The number of carbonyl (C=O) groups is 2. The van der Waals surface area contributed by atoms with Gasteiger partial charge in [0, 0.05) is 49.7 Å². The highest BCUT2D eigenvalue weighted by Crippen LogP contribution is 2.44. The van der Waals surface area contributed by atoms with Gasteiger partial charge in [0.1, 0.15) is 23.1 Å². The van der Waals surface area contributed by atoms with Gasteiger partial charge in [0.15, 0.2) is 5.82 Å². The number of benzene rings is 2. The summed E-state index contributed by atoms with van der Waals surface area (Å²) < 4.78 is 43.7. The molecule has 2 aliphatic heterocycles. The maximum atomic E-state index is 15.8. The summed E-state index contributed by atoms with van der Waals surface area (Å²) in [4.78, 5) is 34.5. The third-order valence-electron chi connectivity index (χ3n) is 8.57. The molecule has 0 aliphatic carbocycles. The van der Waals surface area contributed by atoms with Crippen molar-refractivity contribution < 1.29 is 27.8 Å². The molecular formula is C36H49F2N5O4. The van der Waals surface area contributed by atoms with Gasteiger partial charge in [-0.2, -0.15) is 0 Å². The maximum Gasteiger partial charge on any atom is 0.419 e. The van der Waals surface area contributed by atoms with Crippen LogP contribution in [-0.2, 0) is 15.9 Å². The molecule has 47 heavy (non-hydrogen) atoms. The largest absolute Gasteiger partial charge is 0.444 e. The lowest BCUT2D eigenvalue weighted by Gasteiger charge is -2.43. The Bertz CT molecular complexity index is 1600. The van der Waals surface area contributed by atoms with Crippen molar-refractivity contribution in [1.29, 1.82) is 0 Å². The first-order chi connectivity index (χ1) is 22.1. The first-order valence-corrected chi connectivity index (χ1v) is 16.6. The standard InChI is InChI=1S/C36H49F2N5O4/c1-9-10-15-39-29-22-27-26-20-24(37)21-28(38)31(26)43(34(45)47-36(5,6)7)32(27)30(42(29)33(44)46-35(2,3)4)23-11-13-25(14-12-23)41-18-16-40(8)17-19-41/h11-14,20-21,29-30,39H,9-10,15-19,22H2,1-8H3/t29-,30+/m1/s1. The Kier molecular flexibility index (Phi) is 9.89. The Balaban J connectivity index is 1.76. The van der Waals surface area contributed by atoms with Crippen molar-refractivity contribution in [3.63, 3.8) is 0 Å². The fourth-order valence-corrected chi connectivity index (χ4v) is 6.43. The topological polar surface area (TPSA) is 79.3 Å². The van der Waals surface area contributed by atoms with Crippen molar-refractivity contribution in [3.8, 4) is 0 Å². The van der Waals surface area contributed by atoms with Gasteiger partial charge in [0.25, 0.3) is 0 Å². The van der Waals surface area contributed by atoms with E-state index in [1.165, 1.54) is 10.6 Å². The van der Waals surface area contributed by atoms with Gasteiger partial charge in [0.2, 0.25) is 0 Å². The van der Waals surface area contributed by atoms with Crippen LogP contribution in [0, 0.1) is 11.6 Å². The van der Waals surface area contributed by atoms with Crippen LogP contribution in [0.15, 0.2) is 36.4 Å². The number of hydrogen-bond acceptors (Lipinski definition) is 7. The average molecular weight is 654 g/mol. The molecule has 1 saturated heterocycles. The molecule has 1 N–H and O–H groups in total. The normalized spacial score (nSPS) is 19.2. The number of halogens is 2. The summed E-state index contributed by atoms with van der Waals surface area (Å²) >= 11 is 0. The van der Waals surface area contributed by atoms with E-state index in [1.54, 1.807) is 46.4 Å². The maximum absolute atomic E-state index is 15.8. The van der Waals surface area contributed by atoms with Crippen molar-refractivity contribution in [2.24, 2.45) is 0 Å². The van der Waals surface area contributed by atoms with Gasteiger partial charge in [-0.3, -0.25) is 10.2 Å². The summed E-state index contributed by atoms with van der Waals surface area (Å²) in [7, 11) is 2.11. The molecule has 2 aromatic carbocycles. The smallest absolute Gasteiger partial charge is 0.419 e. The molecule has 5 rings (SSSR count). The van der Waals surface area contributed by atoms with Crippen molar-refractivity contribution in [2.45, 2.75) is 91.1 Å². The molecule has 2 aliphatic rings. The Morgan fingerprint density at radius 3 is 2.13 bits per heavy atom. The quantitative estimate of drug-likeness (QED) is 0.286. The number of anilines is 1. The van der Waals surface area contributed by atoms with Crippen LogP contribution in [0.4, 0.5) is 24.1 Å². The van der Waals surface area contributed by atoms with Gasteiger partial charge in [-0.15, -0.1) is 0 Å². The van der Waals surface area contributed by atoms with E-state index in [0.717, 1.165) is 50.8 Å². The number of amides is 1. The molecule has 1 fully saturated rings.